The number of hydrogen-bond donors (Lipinski definition) is 0. The van der Waals surface area contributed by atoms with E-state index in [9.17, 15) is 0 Å². The van der Waals surface area contributed by atoms with Gasteiger partial charge in [0.25, 0.3) is 0 Å². The van der Waals surface area contributed by atoms with Crippen LogP contribution in [0.5, 0.6) is 5.75 Å². The predicted octanol–water partition coefficient (Wildman–Crippen LogP) is 2.96. The lowest BCUT2D eigenvalue weighted by molar-refractivity contribution is 0.414. The maximum absolute atomic E-state index is 8.38. The number of nitriles is 1. The van der Waals surface area contributed by atoms with Crippen LogP contribution in [0.3, 0.4) is 0 Å². The molecule has 0 aliphatic rings. The van der Waals surface area contributed by atoms with Crippen LogP contribution in [-0.4, -0.2) is 12.9 Å². The molecule has 13 heavy (non-hydrogen) atoms. The van der Waals surface area contributed by atoms with Crippen LogP contribution in [0.4, 0.5) is 0 Å². The number of nitrogens with zero attached hydrogens (tertiary/aromatic N) is 1. The third-order valence-corrected chi connectivity index (χ3v) is 2.60. The quantitative estimate of drug-likeness (QED) is 0.724. The molecule has 4 heteroatoms. The van der Waals surface area contributed by atoms with Crippen molar-refractivity contribution in [3.05, 3.63) is 23.2 Å². The molecule has 0 amide bonds. The molecule has 0 N–H and O–H groups in total. The molecule has 0 aromatic heterocycles. The maximum atomic E-state index is 8.38. The Bertz CT molecular complexity index is 335. The Morgan fingerprint density at radius 3 is 3.00 bits per heavy atom. The van der Waals surface area contributed by atoms with E-state index in [-0.39, 0.29) is 0 Å². The standard InChI is InChI=1S/C9H8ClNOS/c1-12-9-6-7(13-5-4-11)2-3-8(9)10/h2-3,6H,5H2,1H3. The molecule has 1 rings (SSSR count). The summed E-state index contributed by atoms with van der Waals surface area (Å²) in [6.07, 6.45) is 0. The fourth-order valence-corrected chi connectivity index (χ4v) is 1.63. The Labute approximate surface area is 86.5 Å². The Kier molecular flexibility index (Phi) is 3.94. The molecule has 1 aromatic carbocycles. The van der Waals surface area contributed by atoms with Crippen LogP contribution in [0.15, 0.2) is 23.1 Å². The Balaban J connectivity index is 2.81. The van der Waals surface area contributed by atoms with Gasteiger partial charge in [-0.25, -0.2) is 0 Å². The van der Waals surface area contributed by atoms with Crippen molar-refractivity contribution in [1.82, 2.24) is 0 Å². The summed E-state index contributed by atoms with van der Waals surface area (Å²) < 4.78 is 5.04. The van der Waals surface area contributed by atoms with Crippen molar-refractivity contribution in [2.24, 2.45) is 0 Å². The first kappa shape index (κ1) is 10.2. The van der Waals surface area contributed by atoms with E-state index in [1.807, 2.05) is 12.1 Å². The summed E-state index contributed by atoms with van der Waals surface area (Å²) in [6, 6.07) is 7.51. The van der Waals surface area contributed by atoms with E-state index >= 15 is 0 Å². The van der Waals surface area contributed by atoms with E-state index in [1.54, 1.807) is 13.2 Å². The molecule has 1 aromatic rings. The topological polar surface area (TPSA) is 33.0 Å². The third kappa shape index (κ3) is 2.83. The van der Waals surface area contributed by atoms with E-state index in [1.165, 1.54) is 11.8 Å². The van der Waals surface area contributed by atoms with Gasteiger partial charge in [0, 0.05) is 4.90 Å². The highest BCUT2D eigenvalue weighted by atomic mass is 35.5. The summed E-state index contributed by atoms with van der Waals surface area (Å²) >= 11 is 7.29. The molecule has 0 bridgehead atoms. The van der Waals surface area contributed by atoms with Crippen molar-refractivity contribution >= 4 is 23.4 Å². The first-order valence-corrected chi connectivity index (χ1v) is 4.97. The summed E-state index contributed by atoms with van der Waals surface area (Å²) in [5, 5.41) is 8.97. The smallest absolute Gasteiger partial charge is 0.138 e. The maximum Gasteiger partial charge on any atom is 0.138 e. The summed E-state index contributed by atoms with van der Waals surface area (Å²) in [6.45, 7) is 0. The SMILES string of the molecule is COc1cc(SCC#N)ccc1Cl. The number of methoxy groups -OCH3 is 1. The van der Waals surface area contributed by atoms with Gasteiger partial charge in [0.05, 0.1) is 24.0 Å². The van der Waals surface area contributed by atoms with Crippen molar-refractivity contribution in [1.29, 1.82) is 5.26 Å². The second-order valence-electron chi connectivity index (χ2n) is 2.24. The fourth-order valence-electron chi connectivity index (χ4n) is 0.846. The Morgan fingerprint density at radius 1 is 1.62 bits per heavy atom. The first-order valence-electron chi connectivity index (χ1n) is 3.61. The highest BCUT2D eigenvalue weighted by Gasteiger charge is 2.01. The highest BCUT2D eigenvalue weighted by molar-refractivity contribution is 7.99. The van der Waals surface area contributed by atoms with Crippen molar-refractivity contribution < 1.29 is 4.74 Å². The van der Waals surface area contributed by atoms with Crippen molar-refractivity contribution in [3.63, 3.8) is 0 Å². The lowest BCUT2D eigenvalue weighted by Crippen LogP contribution is -1.84. The molecule has 68 valence electrons. The molecule has 0 saturated carbocycles. The van der Waals surface area contributed by atoms with Crippen LogP contribution < -0.4 is 4.74 Å². The van der Waals surface area contributed by atoms with Crippen LogP contribution in [0.1, 0.15) is 0 Å². The zero-order valence-corrected chi connectivity index (χ0v) is 8.65. The highest BCUT2D eigenvalue weighted by Crippen LogP contribution is 2.29. The predicted molar refractivity (Wildman–Crippen MR) is 54.3 cm³/mol. The number of rotatable bonds is 3. The molecule has 0 spiro atoms. The van der Waals surface area contributed by atoms with Gasteiger partial charge in [-0.3, -0.25) is 0 Å². The first-order chi connectivity index (χ1) is 6.27. The number of benzene rings is 1. The van der Waals surface area contributed by atoms with Crippen LogP contribution in [-0.2, 0) is 0 Å². The lowest BCUT2D eigenvalue weighted by atomic mass is 10.3. The van der Waals surface area contributed by atoms with Gasteiger partial charge in [-0.05, 0) is 18.2 Å². The van der Waals surface area contributed by atoms with Gasteiger partial charge in [0.1, 0.15) is 5.75 Å². The van der Waals surface area contributed by atoms with Crippen LogP contribution >= 0.6 is 23.4 Å². The molecule has 0 aliphatic heterocycles. The molecular weight excluding hydrogens is 206 g/mol. The molecule has 0 saturated heterocycles. The minimum atomic E-state index is 0.435. The van der Waals surface area contributed by atoms with Gasteiger partial charge in [-0.2, -0.15) is 5.26 Å². The third-order valence-electron chi connectivity index (χ3n) is 1.43. The Morgan fingerprint density at radius 2 is 2.38 bits per heavy atom. The van der Waals surface area contributed by atoms with Gasteiger partial charge in [0.15, 0.2) is 0 Å². The second-order valence-corrected chi connectivity index (χ2v) is 3.70. The van der Waals surface area contributed by atoms with Crippen molar-refractivity contribution in [2.45, 2.75) is 4.90 Å². The van der Waals surface area contributed by atoms with Gasteiger partial charge in [-0.15, -0.1) is 11.8 Å². The summed E-state index contributed by atoms with van der Waals surface area (Å²) in [5.74, 6) is 1.08. The monoisotopic (exact) mass is 213 g/mol. The van der Waals surface area contributed by atoms with Gasteiger partial charge in [-0.1, -0.05) is 11.6 Å². The second kappa shape index (κ2) is 5.00. The van der Waals surface area contributed by atoms with E-state index in [0.29, 0.717) is 16.5 Å². The molecule has 0 fully saturated rings. The molecule has 2 nitrogen and oxygen atoms in total. The minimum absolute atomic E-state index is 0.435. The van der Waals surface area contributed by atoms with Gasteiger partial charge in [0.2, 0.25) is 0 Å². The van der Waals surface area contributed by atoms with Crippen molar-refractivity contribution in [3.8, 4) is 11.8 Å². The zero-order chi connectivity index (χ0) is 9.68. The van der Waals surface area contributed by atoms with Crippen LogP contribution in [0, 0.1) is 11.3 Å². The number of halogens is 1. The van der Waals surface area contributed by atoms with Gasteiger partial charge >= 0.3 is 0 Å². The molecule has 0 atom stereocenters. The normalized spacial score (nSPS) is 9.31. The largest absolute Gasteiger partial charge is 0.495 e. The molecule has 0 heterocycles. The summed E-state index contributed by atoms with van der Waals surface area (Å²) in [5.41, 5.74) is 0. The number of ether oxygens (including phenoxy) is 1. The van der Waals surface area contributed by atoms with Crippen molar-refractivity contribution in [2.75, 3.05) is 12.9 Å². The summed E-state index contributed by atoms with van der Waals surface area (Å²) in [4.78, 5) is 0.989. The van der Waals surface area contributed by atoms with E-state index in [0.717, 1.165) is 4.90 Å². The van der Waals surface area contributed by atoms with E-state index in [4.69, 9.17) is 21.6 Å². The minimum Gasteiger partial charge on any atom is -0.495 e. The summed E-state index contributed by atoms with van der Waals surface area (Å²) in [7, 11) is 1.57. The number of thioether (sulfide) groups is 1. The van der Waals surface area contributed by atoms with Crippen LogP contribution in [0.2, 0.25) is 5.02 Å². The molecule has 0 aliphatic carbocycles. The molecule has 0 radical (unpaired) electrons. The van der Waals surface area contributed by atoms with Gasteiger partial charge < -0.3 is 4.74 Å². The number of hydrogen-bond acceptors (Lipinski definition) is 3. The fraction of sp³-hybridized carbons (Fsp3) is 0.222. The molecule has 0 unspecified atom stereocenters. The average molecular weight is 214 g/mol. The molecular formula is C9H8ClNOS. The average Bonchev–Trinajstić information content (AvgIpc) is 2.16. The van der Waals surface area contributed by atoms with E-state index < -0.39 is 0 Å². The van der Waals surface area contributed by atoms with Crippen LogP contribution in [0.25, 0.3) is 0 Å². The zero-order valence-electron chi connectivity index (χ0n) is 7.08. The lowest BCUT2D eigenvalue weighted by Gasteiger charge is -2.04. The Hall–Kier alpha value is -0.850. The van der Waals surface area contributed by atoms with E-state index in [2.05, 4.69) is 6.07 Å².